The topological polar surface area (TPSA) is 61.9 Å². The molecule has 2 heterocycles. The molecule has 1 aromatic heterocycles. The van der Waals surface area contributed by atoms with E-state index in [0.29, 0.717) is 24.2 Å². The van der Waals surface area contributed by atoms with Gasteiger partial charge in [-0.25, -0.2) is 0 Å². The van der Waals surface area contributed by atoms with E-state index in [1.54, 1.807) is 24.3 Å². The molecular weight excluding hydrogens is 408 g/mol. The van der Waals surface area contributed by atoms with Gasteiger partial charge in [0.2, 0.25) is 0 Å². The van der Waals surface area contributed by atoms with Crippen LogP contribution in [-0.2, 0) is 0 Å². The lowest BCUT2D eigenvalue weighted by Crippen LogP contribution is -2.39. The number of nitriles is 1. The van der Waals surface area contributed by atoms with Crippen LogP contribution in [0.2, 0.25) is 0 Å². The van der Waals surface area contributed by atoms with Crippen LogP contribution in [0.4, 0.5) is 0 Å². The summed E-state index contributed by atoms with van der Waals surface area (Å²) in [5, 5.41) is 14.1. The Bertz CT molecular complexity index is 1300. The molecule has 4 aromatic rings. The van der Waals surface area contributed by atoms with Crippen LogP contribution in [0.3, 0.4) is 0 Å². The number of aromatic nitrogens is 2. The Morgan fingerprint density at radius 3 is 2.18 bits per heavy atom. The summed E-state index contributed by atoms with van der Waals surface area (Å²) in [7, 11) is 0. The van der Waals surface area contributed by atoms with E-state index < -0.39 is 0 Å². The van der Waals surface area contributed by atoms with Crippen molar-refractivity contribution in [3.63, 3.8) is 0 Å². The minimum atomic E-state index is -0.0146. The third kappa shape index (κ3) is 4.28. The van der Waals surface area contributed by atoms with Gasteiger partial charge in [0.05, 0.1) is 29.1 Å². The van der Waals surface area contributed by atoms with Crippen LogP contribution < -0.4 is 0 Å². The van der Waals surface area contributed by atoms with Gasteiger partial charge in [-0.2, -0.15) is 10.4 Å². The molecule has 0 spiro atoms. The molecule has 0 unspecified atom stereocenters. The summed E-state index contributed by atoms with van der Waals surface area (Å²) in [6, 6.07) is 32.0. The van der Waals surface area contributed by atoms with Crippen LogP contribution in [0.25, 0.3) is 22.5 Å². The number of amides is 1. The third-order valence-corrected chi connectivity index (χ3v) is 6.21. The molecule has 162 valence electrons. The van der Waals surface area contributed by atoms with Crippen molar-refractivity contribution in [3.8, 4) is 28.6 Å². The van der Waals surface area contributed by atoms with Gasteiger partial charge in [-0.3, -0.25) is 9.48 Å². The minimum absolute atomic E-state index is 0.0146. The molecule has 1 saturated heterocycles. The molecular formula is C28H24N4O. The van der Waals surface area contributed by atoms with Gasteiger partial charge in [0.15, 0.2) is 0 Å². The van der Waals surface area contributed by atoms with Crippen molar-refractivity contribution in [2.75, 3.05) is 13.1 Å². The van der Waals surface area contributed by atoms with Gasteiger partial charge in [-0.15, -0.1) is 0 Å². The molecule has 0 N–H and O–H groups in total. The van der Waals surface area contributed by atoms with E-state index in [0.717, 1.165) is 35.4 Å². The number of carbonyl (C=O) groups is 1. The first-order valence-corrected chi connectivity index (χ1v) is 11.2. The summed E-state index contributed by atoms with van der Waals surface area (Å²) in [6.45, 7) is 1.32. The zero-order chi connectivity index (χ0) is 22.6. The quantitative estimate of drug-likeness (QED) is 0.424. The van der Waals surface area contributed by atoms with E-state index in [2.05, 4.69) is 41.1 Å². The average Bonchev–Trinajstić information content (AvgIpc) is 3.35. The van der Waals surface area contributed by atoms with Crippen LogP contribution in [0.15, 0.2) is 91.0 Å². The molecule has 33 heavy (non-hydrogen) atoms. The van der Waals surface area contributed by atoms with Crippen LogP contribution in [0, 0.1) is 11.3 Å². The number of likely N-dealkylation sites (tertiary alicyclic amines) is 1. The molecule has 5 nitrogen and oxygen atoms in total. The van der Waals surface area contributed by atoms with Crippen molar-refractivity contribution < 1.29 is 4.79 Å². The van der Waals surface area contributed by atoms with Gasteiger partial charge < -0.3 is 4.90 Å². The van der Waals surface area contributed by atoms with Gasteiger partial charge in [0.1, 0.15) is 0 Å². The molecule has 0 atom stereocenters. The monoisotopic (exact) mass is 432 g/mol. The fourth-order valence-corrected chi connectivity index (χ4v) is 4.47. The SMILES string of the molecule is N#Cc1cccc(C(=O)N2CCC(n3nc(-c4ccccc4)cc3-c3ccccc3)CC2)c1. The lowest BCUT2D eigenvalue weighted by Gasteiger charge is -2.33. The van der Waals surface area contributed by atoms with Gasteiger partial charge in [0.25, 0.3) is 5.91 Å². The molecule has 1 aliphatic heterocycles. The van der Waals surface area contributed by atoms with E-state index >= 15 is 0 Å². The maximum Gasteiger partial charge on any atom is 0.253 e. The first-order valence-electron chi connectivity index (χ1n) is 11.2. The largest absolute Gasteiger partial charge is 0.338 e. The number of hydrogen-bond acceptors (Lipinski definition) is 3. The summed E-state index contributed by atoms with van der Waals surface area (Å²) < 4.78 is 2.15. The van der Waals surface area contributed by atoms with Gasteiger partial charge >= 0.3 is 0 Å². The predicted octanol–water partition coefficient (Wildman–Crippen LogP) is 5.57. The highest BCUT2D eigenvalue weighted by molar-refractivity contribution is 5.94. The lowest BCUT2D eigenvalue weighted by molar-refractivity contribution is 0.0690. The molecule has 1 aliphatic rings. The second-order valence-corrected chi connectivity index (χ2v) is 8.31. The highest BCUT2D eigenvalue weighted by Crippen LogP contribution is 2.32. The van der Waals surface area contributed by atoms with E-state index in [-0.39, 0.29) is 11.9 Å². The van der Waals surface area contributed by atoms with Crippen LogP contribution in [0.1, 0.15) is 34.8 Å². The average molecular weight is 433 g/mol. The molecule has 3 aromatic carbocycles. The predicted molar refractivity (Wildman–Crippen MR) is 128 cm³/mol. The van der Waals surface area contributed by atoms with E-state index in [4.69, 9.17) is 10.4 Å². The van der Waals surface area contributed by atoms with Crippen molar-refractivity contribution in [2.45, 2.75) is 18.9 Å². The van der Waals surface area contributed by atoms with Gasteiger partial charge in [-0.05, 0) is 42.7 Å². The Labute approximate surface area is 193 Å². The first kappa shape index (κ1) is 20.7. The highest BCUT2D eigenvalue weighted by atomic mass is 16.2. The number of carbonyl (C=O) groups excluding carboxylic acids is 1. The van der Waals surface area contributed by atoms with E-state index in [9.17, 15) is 4.79 Å². The number of nitrogens with zero attached hydrogens (tertiary/aromatic N) is 4. The molecule has 0 bridgehead atoms. The number of benzene rings is 3. The van der Waals surface area contributed by atoms with Gasteiger partial charge in [-0.1, -0.05) is 66.7 Å². The number of hydrogen-bond donors (Lipinski definition) is 0. The Balaban J connectivity index is 1.39. The van der Waals surface area contributed by atoms with Crippen molar-refractivity contribution in [1.29, 1.82) is 5.26 Å². The first-order chi connectivity index (χ1) is 16.2. The Kier molecular flexibility index (Phi) is 5.73. The molecule has 0 saturated carbocycles. The molecule has 5 heteroatoms. The summed E-state index contributed by atoms with van der Waals surface area (Å²) >= 11 is 0. The smallest absolute Gasteiger partial charge is 0.253 e. The Hall–Kier alpha value is -4.17. The maximum absolute atomic E-state index is 13.0. The standard InChI is InChI=1S/C28H24N4O/c29-20-21-8-7-13-24(18-21)28(33)31-16-14-25(15-17-31)32-27(23-11-5-2-6-12-23)19-26(30-32)22-9-3-1-4-10-22/h1-13,18-19,25H,14-17H2. The second-order valence-electron chi connectivity index (χ2n) is 8.31. The van der Waals surface area contributed by atoms with Crippen molar-refractivity contribution in [1.82, 2.24) is 14.7 Å². The fraction of sp³-hybridized carbons (Fsp3) is 0.179. The van der Waals surface area contributed by atoms with Crippen molar-refractivity contribution in [3.05, 3.63) is 102 Å². The van der Waals surface area contributed by atoms with E-state index in [1.807, 2.05) is 41.3 Å². The van der Waals surface area contributed by atoms with Crippen molar-refractivity contribution >= 4 is 5.91 Å². The zero-order valence-electron chi connectivity index (χ0n) is 18.3. The Morgan fingerprint density at radius 2 is 1.52 bits per heavy atom. The van der Waals surface area contributed by atoms with Gasteiger partial charge in [0, 0.05) is 24.2 Å². The molecule has 0 radical (unpaired) electrons. The molecule has 0 aliphatic carbocycles. The summed E-state index contributed by atoms with van der Waals surface area (Å²) in [5.41, 5.74) is 5.37. The van der Waals surface area contributed by atoms with Crippen LogP contribution in [0.5, 0.6) is 0 Å². The molecule has 1 fully saturated rings. The van der Waals surface area contributed by atoms with Crippen molar-refractivity contribution in [2.24, 2.45) is 0 Å². The van der Waals surface area contributed by atoms with Crippen LogP contribution in [-0.4, -0.2) is 33.7 Å². The highest BCUT2D eigenvalue weighted by Gasteiger charge is 2.27. The number of piperidine rings is 1. The maximum atomic E-state index is 13.0. The molecule has 5 rings (SSSR count). The fourth-order valence-electron chi connectivity index (χ4n) is 4.47. The Morgan fingerprint density at radius 1 is 0.848 bits per heavy atom. The summed E-state index contributed by atoms with van der Waals surface area (Å²) in [5.74, 6) is -0.0146. The third-order valence-electron chi connectivity index (χ3n) is 6.21. The zero-order valence-corrected chi connectivity index (χ0v) is 18.3. The number of rotatable bonds is 4. The summed E-state index contributed by atoms with van der Waals surface area (Å²) in [6.07, 6.45) is 1.67. The minimum Gasteiger partial charge on any atom is -0.338 e. The van der Waals surface area contributed by atoms with E-state index in [1.165, 1.54) is 0 Å². The second kappa shape index (κ2) is 9.13. The normalized spacial score (nSPS) is 14.1. The molecule has 1 amide bonds. The van der Waals surface area contributed by atoms with Crippen LogP contribution >= 0.6 is 0 Å². The summed E-state index contributed by atoms with van der Waals surface area (Å²) in [4.78, 5) is 14.9. The lowest BCUT2D eigenvalue weighted by atomic mass is 10.0.